The first-order valence-corrected chi connectivity index (χ1v) is 7.48. The van der Waals surface area contributed by atoms with Gasteiger partial charge in [0.2, 0.25) is 5.91 Å². The number of thioether (sulfide) groups is 1. The molecule has 20 heavy (non-hydrogen) atoms. The lowest BCUT2D eigenvalue weighted by molar-refractivity contribution is -0.119. The van der Waals surface area contributed by atoms with Crippen molar-refractivity contribution in [3.8, 4) is 0 Å². The molecule has 4 nitrogen and oxygen atoms in total. The zero-order valence-electron chi connectivity index (χ0n) is 11.2. The average Bonchev–Trinajstić information content (AvgIpc) is 2.41. The highest BCUT2D eigenvalue weighted by Crippen LogP contribution is 2.09. The predicted octanol–water partition coefficient (Wildman–Crippen LogP) is 2.03. The van der Waals surface area contributed by atoms with E-state index in [1.54, 1.807) is 18.0 Å². The van der Waals surface area contributed by atoms with E-state index in [0.717, 1.165) is 37.4 Å². The first kappa shape index (κ1) is 19.5. The van der Waals surface area contributed by atoms with Gasteiger partial charge in [-0.1, -0.05) is 6.07 Å². The summed E-state index contributed by atoms with van der Waals surface area (Å²) in [4.78, 5) is 16.0. The molecule has 1 unspecified atom stereocenters. The van der Waals surface area contributed by atoms with Crippen LogP contribution in [0.25, 0.3) is 0 Å². The number of pyridine rings is 1. The van der Waals surface area contributed by atoms with Crippen LogP contribution in [0.15, 0.2) is 24.4 Å². The van der Waals surface area contributed by atoms with Gasteiger partial charge >= 0.3 is 0 Å². The maximum absolute atomic E-state index is 11.7. The average molecular weight is 338 g/mol. The van der Waals surface area contributed by atoms with Crippen LogP contribution in [0.2, 0.25) is 0 Å². The quantitative estimate of drug-likeness (QED) is 0.863. The van der Waals surface area contributed by atoms with Gasteiger partial charge in [0, 0.05) is 24.5 Å². The van der Waals surface area contributed by atoms with Gasteiger partial charge in [0.25, 0.3) is 0 Å². The number of amides is 1. The van der Waals surface area contributed by atoms with Crippen LogP contribution in [-0.4, -0.2) is 35.8 Å². The van der Waals surface area contributed by atoms with Gasteiger partial charge in [-0.2, -0.15) is 0 Å². The second-order valence-corrected chi connectivity index (χ2v) is 5.41. The Balaban J connectivity index is 0.00000180. The van der Waals surface area contributed by atoms with Gasteiger partial charge in [0.05, 0.1) is 11.4 Å². The van der Waals surface area contributed by atoms with Gasteiger partial charge in [0.1, 0.15) is 0 Å². The second-order valence-electron chi connectivity index (χ2n) is 4.42. The zero-order chi connectivity index (χ0) is 12.6. The largest absolute Gasteiger partial charge is 0.351 e. The Hall–Kier alpha value is -0.490. The first-order chi connectivity index (χ1) is 8.84. The predicted molar refractivity (Wildman–Crippen MR) is 88.9 cm³/mol. The van der Waals surface area contributed by atoms with E-state index in [0.29, 0.717) is 11.8 Å². The lowest BCUT2D eigenvalue weighted by Crippen LogP contribution is -2.46. The van der Waals surface area contributed by atoms with Crippen molar-refractivity contribution in [3.05, 3.63) is 30.1 Å². The van der Waals surface area contributed by atoms with Gasteiger partial charge in [-0.05, 0) is 31.5 Å². The van der Waals surface area contributed by atoms with E-state index in [4.69, 9.17) is 0 Å². The zero-order valence-corrected chi connectivity index (χ0v) is 13.7. The number of nitrogens with zero attached hydrogens (tertiary/aromatic N) is 1. The third-order valence-corrected chi connectivity index (χ3v) is 3.84. The van der Waals surface area contributed by atoms with Gasteiger partial charge in [0.15, 0.2) is 0 Å². The highest BCUT2D eigenvalue weighted by atomic mass is 35.5. The minimum atomic E-state index is 0. The maximum atomic E-state index is 11.7. The number of carbonyl (C=O) groups excluding carboxylic acids is 1. The molecule has 1 fully saturated rings. The summed E-state index contributed by atoms with van der Waals surface area (Å²) in [6.45, 7) is 1.97. The number of piperidine rings is 1. The Labute approximate surface area is 136 Å². The van der Waals surface area contributed by atoms with Crippen molar-refractivity contribution in [1.29, 1.82) is 0 Å². The first-order valence-electron chi connectivity index (χ1n) is 6.32. The van der Waals surface area contributed by atoms with E-state index >= 15 is 0 Å². The van der Waals surface area contributed by atoms with E-state index in [2.05, 4.69) is 15.6 Å². The van der Waals surface area contributed by atoms with Crippen LogP contribution < -0.4 is 10.6 Å². The molecule has 2 N–H and O–H groups in total. The van der Waals surface area contributed by atoms with Crippen LogP contribution in [0, 0.1) is 0 Å². The molecule has 1 saturated heterocycles. The lowest BCUT2D eigenvalue weighted by atomic mass is 10.1. The Morgan fingerprint density at radius 2 is 2.30 bits per heavy atom. The molecule has 0 spiro atoms. The fourth-order valence-corrected chi connectivity index (χ4v) is 2.73. The molecule has 2 heterocycles. The Kier molecular flexibility index (Phi) is 10.9. The number of halogens is 2. The van der Waals surface area contributed by atoms with E-state index in [-0.39, 0.29) is 30.7 Å². The minimum absolute atomic E-state index is 0. The number of hydrogen-bond donors (Lipinski definition) is 2. The van der Waals surface area contributed by atoms with Crippen LogP contribution in [0.4, 0.5) is 0 Å². The molecule has 114 valence electrons. The summed E-state index contributed by atoms with van der Waals surface area (Å²) in [6, 6.07) is 6.16. The molecule has 1 aromatic heterocycles. The molecule has 0 bridgehead atoms. The molecule has 1 aliphatic heterocycles. The van der Waals surface area contributed by atoms with Gasteiger partial charge < -0.3 is 10.6 Å². The summed E-state index contributed by atoms with van der Waals surface area (Å²) in [7, 11) is 0. The summed E-state index contributed by atoms with van der Waals surface area (Å²) < 4.78 is 0. The van der Waals surface area contributed by atoms with Crippen LogP contribution >= 0.6 is 36.6 Å². The van der Waals surface area contributed by atoms with Gasteiger partial charge in [-0.25, -0.2) is 0 Å². The van der Waals surface area contributed by atoms with Crippen LogP contribution in [-0.2, 0) is 10.5 Å². The Morgan fingerprint density at radius 3 is 2.95 bits per heavy atom. The van der Waals surface area contributed by atoms with Crippen LogP contribution in [0.1, 0.15) is 18.5 Å². The number of carbonyl (C=O) groups is 1. The number of hydrogen-bond acceptors (Lipinski definition) is 4. The molecule has 0 radical (unpaired) electrons. The fraction of sp³-hybridized carbons (Fsp3) is 0.538. The molecule has 0 aromatic carbocycles. The molecule has 1 aliphatic rings. The van der Waals surface area contributed by atoms with Crippen molar-refractivity contribution in [3.63, 3.8) is 0 Å². The topological polar surface area (TPSA) is 54.0 Å². The molecule has 1 atom stereocenters. The number of nitrogens with one attached hydrogen (secondary N) is 2. The van der Waals surface area contributed by atoms with Crippen molar-refractivity contribution in [2.24, 2.45) is 0 Å². The lowest BCUT2D eigenvalue weighted by Gasteiger charge is -2.23. The smallest absolute Gasteiger partial charge is 0.230 e. The minimum Gasteiger partial charge on any atom is -0.351 e. The number of rotatable bonds is 5. The van der Waals surface area contributed by atoms with E-state index in [1.165, 1.54) is 0 Å². The van der Waals surface area contributed by atoms with E-state index in [1.807, 2.05) is 18.2 Å². The van der Waals surface area contributed by atoms with Crippen molar-refractivity contribution >= 4 is 42.5 Å². The SMILES string of the molecule is Cl.Cl.O=C(CSCc1ccccn1)NC1CCCNC1. The summed E-state index contributed by atoms with van der Waals surface area (Å²) in [5, 5.41) is 6.35. The van der Waals surface area contributed by atoms with E-state index < -0.39 is 0 Å². The molecular weight excluding hydrogens is 317 g/mol. The highest BCUT2D eigenvalue weighted by Gasteiger charge is 2.14. The summed E-state index contributed by atoms with van der Waals surface area (Å²) in [5.41, 5.74) is 1.02. The third-order valence-electron chi connectivity index (χ3n) is 2.87. The molecule has 7 heteroatoms. The highest BCUT2D eigenvalue weighted by molar-refractivity contribution is 7.99. The normalized spacial score (nSPS) is 17.5. The van der Waals surface area contributed by atoms with E-state index in [9.17, 15) is 4.79 Å². The molecule has 1 amide bonds. The van der Waals surface area contributed by atoms with Gasteiger partial charge in [-0.15, -0.1) is 36.6 Å². The molecule has 0 saturated carbocycles. The third kappa shape index (κ3) is 7.33. The molecular formula is C13H21Cl2N3OS. The van der Waals surface area contributed by atoms with Crippen molar-refractivity contribution in [1.82, 2.24) is 15.6 Å². The Bertz CT molecular complexity index is 375. The maximum Gasteiger partial charge on any atom is 0.230 e. The summed E-state index contributed by atoms with van der Waals surface area (Å²) >= 11 is 1.61. The van der Waals surface area contributed by atoms with Crippen molar-refractivity contribution in [2.75, 3.05) is 18.8 Å². The molecule has 2 rings (SSSR count). The molecule has 1 aromatic rings. The van der Waals surface area contributed by atoms with Crippen molar-refractivity contribution in [2.45, 2.75) is 24.6 Å². The summed E-state index contributed by atoms with van der Waals surface area (Å²) in [6.07, 6.45) is 4.01. The van der Waals surface area contributed by atoms with Crippen molar-refractivity contribution < 1.29 is 4.79 Å². The van der Waals surface area contributed by atoms with Crippen LogP contribution in [0.3, 0.4) is 0 Å². The summed E-state index contributed by atoms with van der Waals surface area (Å²) in [5.74, 6) is 1.43. The Morgan fingerprint density at radius 1 is 1.45 bits per heavy atom. The standard InChI is InChI=1S/C13H19N3OS.2ClH/c17-13(16-11-5-3-6-14-8-11)10-18-9-12-4-1-2-7-15-12;;/h1-2,4,7,11,14H,3,5-6,8-10H2,(H,16,17);2*1H. The monoisotopic (exact) mass is 337 g/mol. The number of aromatic nitrogens is 1. The second kappa shape index (κ2) is 11.2. The fourth-order valence-electron chi connectivity index (χ4n) is 1.98. The van der Waals surface area contributed by atoms with Crippen LogP contribution in [0.5, 0.6) is 0 Å². The van der Waals surface area contributed by atoms with Gasteiger partial charge in [-0.3, -0.25) is 9.78 Å². The molecule has 0 aliphatic carbocycles.